The molecule has 0 saturated carbocycles. The van der Waals surface area contributed by atoms with Crippen LogP contribution in [0.15, 0.2) is 36.4 Å². The number of aromatic nitrogens is 1. The molecule has 1 aromatic carbocycles. The fraction of sp³-hybridized carbons (Fsp3) is 0.333. The van der Waals surface area contributed by atoms with Gasteiger partial charge in [-0.2, -0.15) is 0 Å². The lowest BCUT2D eigenvalue weighted by Crippen LogP contribution is -2.52. The second-order valence-corrected chi connectivity index (χ2v) is 4.94. The first-order valence-corrected chi connectivity index (χ1v) is 6.63. The summed E-state index contributed by atoms with van der Waals surface area (Å²) in [4.78, 5) is 18.9. The van der Waals surface area contributed by atoms with Gasteiger partial charge in [-0.3, -0.25) is 4.79 Å². The number of halogens is 2. The summed E-state index contributed by atoms with van der Waals surface area (Å²) in [5.74, 6) is 0.0275. The molecule has 2 aromatic rings. The molecule has 0 aliphatic carbocycles. The molecule has 6 heteroatoms. The summed E-state index contributed by atoms with van der Waals surface area (Å²) >= 11 is 0. The Kier molecular flexibility index (Phi) is 6.40. The largest absolute Gasteiger partial charge is 0.332 e. The van der Waals surface area contributed by atoms with E-state index < -0.39 is 0 Å². The van der Waals surface area contributed by atoms with Crippen LogP contribution in [-0.2, 0) is 0 Å². The van der Waals surface area contributed by atoms with Crippen LogP contribution in [-0.4, -0.2) is 41.5 Å². The summed E-state index contributed by atoms with van der Waals surface area (Å²) in [5.41, 5.74) is 1.41. The van der Waals surface area contributed by atoms with E-state index in [9.17, 15) is 4.79 Å². The molecule has 1 amide bonds. The number of hydrogen-bond acceptors (Lipinski definition) is 3. The molecule has 21 heavy (non-hydrogen) atoms. The summed E-state index contributed by atoms with van der Waals surface area (Å²) in [5, 5.41) is 4.35. The Morgan fingerprint density at radius 3 is 2.76 bits per heavy atom. The number of nitrogens with zero attached hydrogens (tertiary/aromatic N) is 2. The highest BCUT2D eigenvalue weighted by Crippen LogP contribution is 2.14. The monoisotopic (exact) mass is 327 g/mol. The SMILES string of the molecule is C[C@H]1CNCCN1C(=O)c1ccc2ccccc2n1.Cl.Cl. The maximum absolute atomic E-state index is 12.5. The molecule has 0 bridgehead atoms. The number of carbonyl (C=O) groups is 1. The van der Waals surface area contributed by atoms with Crippen molar-refractivity contribution in [3.05, 3.63) is 42.1 Å². The van der Waals surface area contributed by atoms with Crippen LogP contribution >= 0.6 is 24.8 Å². The van der Waals surface area contributed by atoms with E-state index in [-0.39, 0.29) is 36.8 Å². The zero-order valence-electron chi connectivity index (χ0n) is 11.8. The molecule has 1 fully saturated rings. The van der Waals surface area contributed by atoms with Crippen molar-refractivity contribution in [2.45, 2.75) is 13.0 Å². The molecular formula is C15H19Cl2N3O. The Hall–Kier alpha value is -1.36. The van der Waals surface area contributed by atoms with Crippen molar-refractivity contribution in [1.82, 2.24) is 15.2 Å². The lowest BCUT2D eigenvalue weighted by molar-refractivity contribution is 0.0650. The Labute approximate surface area is 136 Å². The van der Waals surface area contributed by atoms with Gasteiger partial charge < -0.3 is 10.2 Å². The lowest BCUT2D eigenvalue weighted by atomic mass is 10.1. The first-order valence-electron chi connectivity index (χ1n) is 6.63. The van der Waals surface area contributed by atoms with Gasteiger partial charge in [-0.25, -0.2) is 4.98 Å². The van der Waals surface area contributed by atoms with Crippen molar-refractivity contribution < 1.29 is 4.79 Å². The van der Waals surface area contributed by atoms with Crippen molar-refractivity contribution in [2.75, 3.05) is 19.6 Å². The number of carbonyl (C=O) groups excluding carboxylic acids is 1. The van der Waals surface area contributed by atoms with Gasteiger partial charge in [-0.15, -0.1) is 24.8 Å². The van der Waals surface area contributed by atoms with Gasteiger partial charge in [-0.05, 0) is 19.1 Å². The van der Waals surface area contributed by atoms with Gasteiger partial charge in [-0.1, -0.05) is 24.3 Å². The third-order valence-corrected chi connectivity index (χ3v) is 3.58. The highest BCUT2D eigenvalue weighted by atomic mass is 35.5. The molecule has 1 saturated heterocycles. The second kappa shape index (κ2) is 7.59. The highest BCUT2D eigenvalue weighted by molar-refractivity contribution is 5.95. The van der Waals surface area contributed by atoms with Crippen LogP contribution < -0.4 is 5.32 Å². The highest BCUT2D eigenvalue weighted by Gasteiger charge is 2.24. The van der Waals surface area contributed by atoms with Gasteiger partial charge in [0.05, 0.1) is 5.52 Å². The first kappa shape index (κ1) is 17.7. The van der Waals surface area contributed by atoms with Gasteiger partial charge in [0.15, 0.2) is 0 Å². The minimum Gasteiger partial charge on any atom is -0.332 e. The van der Waals surface area contributed by atoms with Gasteiger partial charge in [0.25, 0.3) is 5.91 Å². The van der Waals surface area contributed by atoms with Crippen molar-refractivity contribution in [2.24, 2.45) is 0 Å². The fourth-order valence-corrected chi connectivity index (χ4v) is 2.48. The topological polar surface area (TPSA) is 45.2 Å². The average Bonchev–Trinajstić information content (AvgIpc) is 2.46. The molecule has 114 valence electrons. The maximum atomic E-state index is 12.5. The maximum Gasteiger partial charge on any atom is 0.272 e. The van der Waals surface area contributed by atoms with E-state index in [1.54, 1.807) is 0 Å². The van der Waals surface area contributed by atoms with E-state index in [0.717, 1.165) is 30.5 Å². The van der Waals surface area contributed by atoms with Gasteiger partial charge in [0, 0.05) is 31.1 Å². The van der Waals surface area contributed by atoms with E-state index >= 15 is 0 Å². The summed E-state index contributed by atoms with van der Waals surface area (Å²) < 4.78 is 0. The number of benzene rings is 1. The standard InChI is InChI=1S/C15H17N3O.2ClH/c1-11-10-16-8-9-18(11)15(19)14-7-6-12-4-2-3-5-13(12)17-14;;/h2-7,11,16H,8-10H2,1H3;2*1H/t11-;;/m0../s1. The van der Waals surface area contributed by atoms with Crippen LogP contribution in [0.3, 0.4) is 0 Å². The van der Waals surface area contributed by atoms with Crippen molar-refractivity contribution in [3.63, 3.8) is 0 Å². The smallest absolute Gasteiger partial charge is 0.272 e. The summed E-state index contributed by atoms with van der Waals surface area (Å²) in [6.07, 6.45) is 0. The molecule has 1 aliphatic heterocycles. The molecule has 0 radical (unpaired) electrons. The van der Waals surface area contributed by atoms with Crippen LogP contribution in [0.5, 0.6) is 0 Å². The minimum atomic E-state index is 0. The molecule has 1 aromatic heterocycles. The predicted octanol–water partition coefficient (Wildman–Crippen LogP) is 2.51. The zero-order chi connectivity index (χ0) is 13.2. The molecule has 4 nitrogen and oxygen atoms in total. The van der Waals surface area contributed by atoms with Gasteiger partial charge in [0.1, 0.15) is 5.69 Å². The minimum absolute atomic E-state index is 0. The number of rotatable bonds is 1. The summed E-state index contributed by atoms with van der Waals surface area (Å²) in [7, 11) is 0. The van der Waals surface area contributed by atoms with Crippen LogP contribution in [0, 0.1) is 0 Å². The Balaban J connectivity index is 0.00000110. The van der Waals surface area contributed by atoms with E-state index in [1.165, 1.54) is 0 Å². The summed E-state index contributed by atoms with van der Waals surface area (Å²) in [6, 6.07) is 11.9. The van der Waals surface area contributed by atoms with E-state index in [0.29, 0.717) is 5.69 Å². The van der Waals surface area contributed by atoms with Crippen molar-refractivity contribution in [1.29, 1.82) is 0 Å². The number of pyridine rings is 1. The van der Waals surface area contributed by atoms with Crippen molar-refractivity contribution in [3.8, 4) is 0 Å². The Morgan fingerprint density at radius 1 is 1.24 bits per heavy atom. The molecule has 3 rings (SSSR count). The fourth-order valence-electron chi connectivity index (χ4n) is 2.48. The Morgan fingerprint density at radius 2 is 2.00 bits per heavy atom. The number of fused-ring (bicyclic) bond motifs is 1. The number of piperazine rings is 1. The third-order valence-electron chi connectivity index (χ3n) is 3.58. The normalized spacial score (nSPS) is 17.8. The lowest BCUT2D eigenvalue weighted by Gasteiger charge is -2.33. The summed E-state index contributed by atoms with van der Waals surface area (Å²) in [6.45, 7) is 4.50. The molecule has 0 unspecified atom stereocenters. The van der Waals surface area contributed by atoms with E-state index in [4.69, 9.17) is 0 Å². The first-order chi connectivity index (χ1) is 9.25. The number of nitrogens with one attached hydrogen (secondary N) is 1. The van der Waals surface area contributed by atoms with E-state index in [2.05, 4.69) is 17.2 Å². The molecule has 1 N–H and O–H groups in total. The second-order valence-electron chi connectivity index (χ2n) is 4.94. The van der Waals surface area contributed by atoms with Crippen LogP contribution in [0.4, 0.5) is 0 Å². The average molecular weight is 328 g/mol. The molecule has 1 atom stereocenters. The number of hydrogen-bond donors (Lipinski definition) is 1. The molecule has 2 heterocycles. The number of para-hydroxylation sites is 1. The van der Waals surface area contributed by atoms with Crippen LogP contribution in [0.2, 0.25) is 0 Å². The molecular weight excluding hydrogens is 309 g/mol. The zero-order valence-corrected chi connectivity index (χ0v) is 13.4. The van der Waals surface area contributed by atoms with Crippen molar-refractivity contribution >= 4 is 41.6 Å². The van der Waals surface area contributed by atoms with Crippen LogP contribution in [0.25, 0.3) is 10.9 Å². The van der Waals surface area contributed by atoms with Gasteiger partial charge in [0.2, 0.25) is 0 Å². The van der Waals surface area contributed by atoms with Gasteiger partial charge >= 0.3 is 0 Å². The number of amides is 1. The third kappa shape index (κ3) is 3.64. The Bertz CT molecular complexity index is 621. The quantitative estimate of drug-likeness (QED) is 0.875. The van der Waals surface area contributed by atoms with Crippen LogP contribution in [0.1, 0.15) is 17.4 Å². The predicted molar refractivity (Wildman–Crippen MR) is 89.6 cm³/mol. The molecule has 1 aliphatic rings. The molecule has 0 spiro atoms. The van der Waals surface area contributed by atoms with E-state index in [1.807, 2.05) is 41.3 Å².